The van der Waals surface area contributed by atoms with E-state index >= 15 is 0 Å². The molecule has 4 nitrogen and oxygen atoms in total. The Balaban J connectivity index is 2.14. The fraction of sp³-hybridized carbons (Fsp3) is 0.368. The molecule has 136 valence electrons. The Labute approximate surface area is 158 Å². The zero-order valence-corrected chi connectivity index (χ0v) is 15.9. The first-order valence-corrected chi connectivity index (χ1v) is 8.97. The molecule has 0 fully saturated rings. The average molecular weight is 384 g/mol. The number of aliphatic hydroxyl groups excluding tert-OH is 1. The second kappa shape index (κ2) is 9.88. The lowest BCUT2D eigenvalue weighted by molar-refractivity contribution is 0.191. The van der Waals surface area contributed by atoms with Crippen LogP contribution in [0, 0.1) is 0 Å². The quantitative estimate of drug-likeness (QED) is 0.671. The van der Waals surface area contributed by atoms with Crippen molar-refractivity contribution in [2.45, 2.75) is 33.1 Å². The van der Waals surface area contributed by atoms with Gasteiger partial charge in [0.05, 0.1) is 17.7 Å². The lowest BCUT2D eigenvalue weighted by atomic mass is 10.2. The summed E-state index contributed by atoms with van der Waals surface area (Å²) in [5.74, 6) is 1.10. The summed E-state index contributed by atoms with van der Waals surface area (Å²) in [6, 6.07) is 11.2. The summed E-state index contributed by atoms with van der Waals surface area (Å²) >= 11 is 12.6. The van der Waals surface area contributed by atoms with Crippen LogP contribution in [0.1, 0.15) is 25.0 Å². The summed E-state index contributed by atoms with van der Waals surface area (Å²) in [4.78, 5) is 0. The Hall–Kier alpha value is -1.46. The van der Waals surface area contributed by atoms with Crippen molar-refractivity contribution in [2.75, 3.05) is 13.2 Å². The molecule has 25 heavy (non-hydrogen) atoms. The van der Waals surface area contributed by atoms with Gasteiger partial charge in [-0.25, -0.2) is 0 Å². The predicted octanol–water partition coefficient (Wildman–Crippen LogP) is 4.44. The third-order valence-electron chi connectivity index (χ3n) is 3.47. The highest BCUT2D eigenvalue weighted by molar-refractivity contribution is 6.32. The Bertz CT molecular complexity index is 692. The first-order valence-electron chi connectivity index (χ1n) is 8.21. The van der Waals surface area contributed by atoms with E-state index in [0.717, 1.165) is 11.1 Å². The van der Waals surface area contributed by atoms with Gasteiger partial charge >= 0.3 is 0 Å². The van der Waals surface area contributed by atoms with Gasteiger partial charge in [0.1, 0.15) is 6.61 Å². The molecule has 6 heteroatoms. The van der Waals surface area contributed by atoms with Crippen molar-refractivity contribution in [2.24, 2.45) is 0 Å². The van der Waals surface area contributed by atoms with E-state index in [1.807, 2.05) is 43.3 Å². The molecule has 0 aromatic heterocycles. The number of ether oxygens (including phenoxy) is 2. The second-order valence-corrected chi connectivity index (χ2v) is 6.51. The topological polar surface area (TPSA) is 50.7 Å². The maximum Gasteiger partial charge on any atom is 0.180 e. The standard InChI is InChI=1S/C19H23Cl2NO3/c1-3-24-18-9-14(11-22-10-13(2)23)8-17(21)19(18)25-12-15-6-4-5-7-16(15)20/h4-9,13,22-23H,3,10-12H2,1-2H3/t13-/m0/s1. The van der Waals surface area contributed by atoms with Gasteiger partial charge in [0, 0.05) is 23.7 Å². The Kier molecular flexibility index (Phi) is 7.85. The molecule has 0 heterocycles. The van der Waals surface area contributed by atoms with Crippen LogP contribution in [-0.4, -0.2) is 24.4 Å². The van der Waals surface area contributed by atoms with Crippen molar-refractivity contribution in [3.8, 4) is 11.5 Å². The second-order valence-electron chi connectivity index (χ2n) is 5.70. The fourth-order valence-electron chi connectivity index (χ4n) is 2.32. The number of hydrogen-bond donors (Lipinski definition) is 2. The van der Waals surface area contributed by atoms with E-state index in [2.05, 4.69) is 5.32 Å². The van der Waals surface area contributed by atoms with Gasteiger partial charge in [-0.05, 0) is 37.6 Å². The fourth-order valence-corrected chi connectivity index (χ4v) is 2.80. The smallest absolute Gasteiger partial charge is 0.180 e. The molecule has 0 unspecified atom stereocenters. The molecule has 0 bridgehead atoms. The molecule has 0 aliphatic heterocycles. The Morgan fingerprint density at radius 3 is 2.56 bits per heavy atom. The molecular formula is C19H23Cl2NO3. The van der Waals surface area contributed by atoms with Crippen LogP contribution in [0.3, 0.4) is 0 Å². The molecule has 1 atom stereocenters. The van der Waals surface area contributed by atoms with E-state index in [1.54, 1.807) is 6.92 Å². The summed E-state index contributed by atoms with van der Waals surface area (Å²) in [6.45, 7) is 5.53. The number of nitrogens with one attached hydrogen (secondary N) is 1. The van der Waals surface area contributed by atoms with E-state index in [0.29, 0.717) is 47.8 Å². The summed E-state index contributed by atoms with van der Waals surface area (Å²) in [5, 5.41) is 13.6. The molecule has 0 aliphatic carbocycles. The highest BCUT2D eigenvalue weighted by Crippen LogP contribution is 2.37. The molecule has 2 aromatic rings. The van der Waals surface area contributed by atoms with Gasteiger partial charge < -0.3 is 19.9 Å². The Morgan fingerprint density at radius 1 is 1.12 bits per heavy atom. The van der Waals surface area contributed by atoms with E-state index in [9.17, 15) is 5.11 Å². The van der Waals surface area contributed by atoms with Crippen LogP contribution in [0.15, 0.2) is 36.4 Å². The molecule has 2 rings (SSSR count). The lowest BCUT2D eigenvalue weighted by Gasteiger charge is -2.16. The minimum absolute atomic E-state index is 0.305. The number of aliphatic hydroxyl groups is 1. The van der Waals surface area contributed by atoms with Crippen LogP contribution in [0.25, 0.3) is 0 Å². The summed E-state index contributed by atoms with van der Waals surface area (Å²) in [6.07, 6.45) is -0.403. The first kappa shape index (κ1) is 19.9. The van der Waals surface area contributed by atoms with Crippen molar-refractivity contribution in [1.82, 2.24) is 5.32 Å². The maximum absolute atomic E-state index is 9.32. The molecule has 0 saturated carbocycles. The van der Waals surface area contributed by atoms with Gasteiger partial charge in [-0.2, -0.15) is 0 Å². The van der Waals surface area contributed by atoms with Gasteiger partial charge in [-0.3, -0.25) is 0 Å². The van der Waals surface area contributed by atoms with Crippen LogP contribution in [-0.2, 0) is 13.2 Å². The van der Waals surface area contributed by atoms with Crippen LogP contribution in [0.2, 0.25) is 10.0 Å². The molecule has 0 spiro atoms. The highest BCUT2D eigenvalue weighted by Gasteiger charge is 2.13. The lowest BCUT2D eigenvalue weighted by Crippen LogP contribution is -2.23. The van der Waals surface area contributed by atoms with E-state index in [4.69, 9.17) is 32.7 Å². The average Bonchev–Trinajstić information content (AvgIpc) is 2.55. The highest BCUT2D eigenvalue weighted by atomic mass is 35.5. The van der Waals surface area contributed by atoms with Crippen molar-refractivity contribution in [3.05, 3.63) is 57.6 Å². The van der Waals surface area contributed by atoms with E-state index in [-0.39, 0.29) is 0 Å². The van der Waals surface area contributed by atoms with Gasteiger partial charge in [0.15, 0.2) is 11.5 Å². The Morgan fingerprint density at radius 2 is 1.88 bits per heavy atom. The largest absolute Gasteiger partial charge is 0.490 e. The number of hydrogen-bond acceptors (Lipinski definition) is 4. The number of halogens is 2. The van der Waals surface area contributed by atoms with Crippen LogP contribution in [0.5, 0.6) is 11.5 Å². The molecule has 0 saturated heterocycles. The summed E-state index contributed by atoms with van der Waals surface area (Å²) < 4.78 is 11.6. The summed E-state index contributed by atoms with van der Waals surface area (Å²) in [7, 11) is 0. The normalized spacial score (nSPS) is 12.0. The zero-order chi connectivity index (χ0) is 18.2. The van der Waals surface area contributed by atoms with E-state index in [1.165, 1.54) is 0 Å². The van der Waals surface area contributed by atoms with Crippen molar-refractivity contribution in [1.29, 1.82) is 0 Å². The van der Waals surface area contributed by atoms with Gasteiger partial charge in [-0.15, -0.1) is 0 Å². The third kappa shape index (κ3) is 6.08. The van der Waals surface area contributed by atoms with E-state index < -0.39 is 6.10 Å². The summed E-state index contributed by atoms with van der Waals surface area (Å²) in [5.41, 5.74) is 1.84. The minimum atomic E-state index is -0.403. The van der Waals surface area contributed by atoms with Gasteiger partial charge in [0.25, 0.3) is 0 Å². The minimum Gasteiger partial charge on any atom is -0.490 e. The maximum atomic E-state index is 9.32. The van der Waals surface area contributed by atoms with Crippen molar-refractivity contribution >= 4 is 23.2 Å². The molecule has 0 amide bonds. The van der Waals surface area contributed by atoms with Gasteiger partial charge in [0.2, 0.25) is 0 Å². The predicted molar refractivity (Wildman–Crippen MR) is 102 cm³/mol. The number of rotatable bonds is 9. The van der Waals surface area contributed by atoms with Gasteiger partial charge in [-0.1, -0.05) is 41.4 Å². The van der Waals surface area contributed by atoms with Crippen LogP contribution in [0.4, 0.5) is 0 Å². The molecule has 0 radical (unpaired) electrons. The number of benzene rings is 2. The molecular weight excluding hydrogens is 361 g/mol. The molecule has 2 aromatic carbocycles. The zero-order valence-electron chi connectivity index (χ0n) is 14.4. The first-order chi connectivity index (χ1) is 12.0. The third-order valence-corrected chi connectivity index (χ3v) is 4.12. The SMILES string of the molecule is CCOc1cc(CNC[C@H](C)O)cc(Cl)c1OCc1ccccc1Cl. The molecule has 2 N–H and O–H groups in total. The van der Waals surface area contributed by atoms with Crippen molar-refractivity contribution < 1.29 is 14.6 Å². The monoisotopic (exact) mass is 383 g/mol. The van der Waals surface area contributed by atoms with Crippen molar-refractivity contribution in [3.63, 3.8) is 0 Å². The van der Waals surface area contributed by atoms with Crippen LogP contribution < -0.4 is 14.8 Å². The van der Waals surface area contributed by atoms with Crippen LogP contribution >= 0.6 is 23.2 Å². The molecule has 0 aliphatic rings.